The molecule has 5 heterocycles. The zero-order valence-electron chi connectivity index (χ0n) is 20.0. The number of hydrogen-bond donors (Lipinski definition) is 0. The number of aromatic nitrogens is 5. The summed E-state index contributed by atoms with van der Waals surface area (Å²) in [6, 6.07) is 13.1. The van der Waals surface area contributed by atoms with Crippen molar-refractivity contribution in [3.05, 3.63) is 76.6 Å². The molecule has 10 nitrogen and oxygen atoms in total. The Morgan fingerprint density at radius 3 is 2.87 bits per heavy atom. The lowest BCUT2D eigenvalue weighted by atomic mass is 9.96. The number of ether oxygens (including phenoxy) is 4. The fourth-order valence-corrected chi connectivity index (χ4v) is 6.65. The van der Waals surface area contributed by atoms with Gasteiger partial charge in [0.1, 0.15) is 46.6 Å². The lowest BCUT2D eigenvalue weighted by Gasteiger charge is -2.48. The summed E-state index contributed by atoms with van der Waals surface area (Å²) >= 11 is 9.00. The van der Waals surface area contributed by atoms with E-state index in [0.717, 1.165) is 10.6 Å². The van der Waals surface area contributed by atoms with E-state index in [1.54, 1.807) is 24.1 Å². The van der Waals surface area contributed by atoms with Gasteiger partial charge in [0.15, 0.2) is 12.0 Å². The van der Waals surface area contributed by atoms with Crippen LogP contribution in [0.25, 0.3) is 10.7 Å². The molecule has 6 atom stereocenters. The summed E-state index contributed by atoms with van der Waals surface area (Å²) in [6.45, 7) is 0.293. The van der Waals surface area contributed by atoms with Gasteiger partial charge >= 0.3 is 0 Å². The maximum Gasteiger partial charge on any atom is 0.184 e. The first-order valence-corrected chi connectivity index (χ1v) is 13.8. The second kappa shape index (κ2) is 11.1. The molecule has 0 radical (unpaired) electrons. The van der Waals surface area contributed by atoms with Gasteiger partial charge in [-0.05, 0) is 6.07 Å². The first kappa shape index (κ1) is 25.4. The van der Waals surface area contributed by atoms with Crippen molar-refractivity contribution in [1.82, 2.24) is 25.0 Å². The fourth-order valence-electron chi connectivity index (χ4n) is 4.58. The molecule has 13 heteroatoms. The summed E-state index contributed by atoms with van der Waals surface area (Å²) in [5, 5.41) is 21.5. The van der Waals surface area contributed by atoms with Gasteiger partial charge in [0, 0.05) is 35.3 Å². The maximum absolute atomic E-state index is 9.60. The summed E-state index contributed by atoms with van der Waals surface area (Å²) in [5.41, 5.74) is 1.26. The van der Waals surface area contributed by atoms with Crippen LogP contribution in [0.1, 0.15) is 23.6 Å². The van der Waals surface area contributed by atoms with Crippen LogP contribution in [0.4, 0.5) is 0 Å². The Morgan fingerprint density at radius 2 is 2.11 bits per heavy atom. The first-order valence-electron chi connectivity index (χ1n) is 11.7. The zero-order chi connectivity index (χ0) is 26.1. The minimum Gasteiger partial charge on any atom is -0.375 e. The predicted octanol–water partition coefficient (Wildman–Crippen LogP) is 4.51. The average Bonchev–Trinajstić information content (AvgIpc) is 3.65. The van der Waals surface area contributed by atoms with Crippen molar-refractivity contribution in [3.63, 3.8) is 0 Å². The largest absolute Gasteiger partial charge is 0.375 e. The van der Waals surface area contributed by atoms with Crippen LogP contribution in [0.2, 0.25) is 5.02 Å². The summed E-state index contributed by atoms with van der Waals surface area (Å²) in [4.78, 5) is 9.10. The highest BCUT2D eigenvalue weighted by Crippen LogP contribution is 2.45. The van der Waals surface area contributed by atoms with Crippen LogP contribution in [0.15, 0.2) is 65.3 Å². The molecule has 0 N–H and O–H groups in total. The minimum absolute atomic E-state index is 0.253. The van der Waals surface area contributed by atoms with Gasteiger partial charge < -0.3 is 18.9 Å². The molecule has 0 spiro atoms. The molecular weight excluding hydrogens is 548 g/mol. The Morgan fingerprint density at radius 1 is 1.24 bits per heavy atom. The Bertz CT molecular complexity index is 1430. The summed E-state index contributed by atoms with van der Waals surface area (Å²) < 4.78 is 26.9. The molecule has 2 saturated heterocycles. The van der Waals surface area contributed by atoms with Crippen molar-refractivity contribution in [2.45, 2.75) is 41.0 Å². The van der Waals surface area contributed by atoms with Gasteiger partial charge in [-0.3, -0.25) is 0 Å². The second-order valence-electron chi connectivity index (χ2n) is 8.56. The van der Waals surface area contributed by atoms with E-state index in [1.165, 1.54) is 29.3 Å². The van der Waals surface area contributed by atoms with E-state index in [0.29, 0.717) is 22.2 Å². The van der Waals surface area contributed by atoms with E-state index in [1.807, 2.05) is 41.9 Å². The van der Waals surface area contributed by atoms with E-state index in [2.05, 4.69) is 26.3 Å². The van der Waals surface area contributed by atoms with Crippen molar-refractivity contribution in [1.29, 1.82) is 5.26 Å². The van der Waals surface area contributed by atoms with E-state index < -0.39 is 36.1 Å². The number of rotatable bonds is 6. The summed E-state index contributed by atoms with van der Waals surface area (Å²) in [6.07, 6.45) is 3.01. The molecule has 0 bridgehead atoms. The van der Waals surface area contributed by atoms with Gasteiger partial charge in [-0.2, -0.15) is 5.26 Å². The van der Waals surface area contributed by atoms with Crippen LogP contribution in [-0.2, 0) is 18.9 Å². The summed E-state index contributed by atoms with van der Waals surface area (Å²) in [7, 11) is 1.61. The highest BCUT2D eigenvalue weighted by molar-refractivity contribution is 7.99. The van der Waals surface area contributed by atoms with Crippen LogP contribution in [-0.4, -0.2) is 62.4 Å². The lowest BCUT2D eigenvalue weighted by molar-refractivity contribution is -0.308. The minimum atomic E-state index is -0.575. The normalized spacial score (nSPS) is 27.0. The van der Waals surface area contributed by atoms with Crippen molar-refractivity contribution in [3.8, 4) is 16.8 Å². The molecule has 194 valence electrons. The Labute approximate surface area is 231 Å². The average molecular weight is 569 g/mol. The SMILES string of the molecule is COC1C(Sc2cc(Cl)cnc2C#N)OC2COC(c3ccccc3)OC2C1n1cc(-c2nccs2)nn1. The van der Waals surface area contributed by atoms with Crippen LogP contribution >= 0.6 is 34.7 Å². The molecular formula is C25H21ClN6O4S2. The van der Waals surface area contributed by atoms with Crippen molar-refractivity contribution in [2.24, 2.45) is 0 Å². The van der Waals surface area contributed by atoms with E-state index >= 15 is 0 Å². The third-order valence-electron chi connectivity index (χ3n) is 6.29. The topological polar surface area (TPSA) is 117 Å². The molecule has 2 fully saturated rings. The van der Waals surface area contributed by atoms with Crippen molar-refractivity contribution < 1.29 is 18.9 Å². The molecule has 38 heavy (non-hydrogen) atoms. The Balaban J connectivity index is 1.37. The quantitative estimate of drug-likeness (QED) is 0.329. The number of methoxy groups -OCH3 is 1. The molecule has 4 aromatic rings. The Kier molecular flexibility index (Phi) is 7.40. The molecule has 1 aromatic carbocycles. The predicted molar refractivity (Wildman–Crippen MR) is 139 cm³/mol. The van der Waals surface area contributed by atoms with Crippen molar-refractivity contribution >= 4 is 34.7 Å². The summed E-state index contributed by atoms with van der Waals surface area (Å²) in [5.74, 6) is 0. The molecule has 0 saturated carbocycles. The Hall–Kier alpha value is -2.89. The number of halogens is 1. The van der Waals surface area contributed by atoms with Crippen LogP contribution < -0.4 is 0 Å². The molecule has 0 amide bonds. The second-order valence-corrected chi connectivity index (χ2v) is 11.0. The van der Waals surface area contributed by atoms with Crippen molar-refractivity contribution in [2.75, 3.05) is 13.7 Å². The number of nitriles is 1. The molecule has 2 aliphatic rings. The molecule has 6 rings (SSSR count). The van der Waals surface area contributed by atoms with Crippen LogP contribution in [0, 0.1) is 11.3 Å². The number of benzene rings is 1. The molecule has 2 aliphatic heterocycles. The number of thioether (sulfide) groups is 1. The van der Waals surface area contributed by atoms with E-state index in [-0.39, 0.29) is 5.69 Å². The van der Waals surface area contributed by atoms with E-state index in [9.17, 15) is 5.26 Å². The van der Waals surface area contributed by atoms with Gasteiger partial charge in [-0.25, -0.2) is 14.6 Å². The third kappa shape index (κ3) is 4.94. The highest BCUT2D eigenvalue weighted by atomic mass is 35.5. The molecule has 0 aliphatic carbocycles. The monoisotopic (exact) mass is 568 g/mol. The van der Waals surface area contributed by atoms with Crippen LogP contribution in [0.5, 0.6) is 0 Å². The number of thiazole rings is 1. The smallest absolute Gasteiger partial charge is 0.184 e. The molecule has 3 aromatic heterocycles. The van der Waals surface area contributed by atoms with Gasteiger partial charge in [0.05, 0.1) is 17.8 Å². The van der Waals surface area contributed by atoms with Gasteiger partial charge in [0.2, 0.25) is 0 Å². The number of hydrogen-bond acceptors (Lipinski definition) is 11. The van der Waals surface area contributed by atoms with Gasteiger partial charge in [-0.1, -0.05) is 58.9 Å². The standard InChI is InChI=1S/C25H21ClN6O4S2/c1-33-22-20(32-12-17(30-31-32)23-28-7-8-37-23)21-18(13-34-24(36-21)14-5-3-2-4-6-14)35-25(22)38-19-9-15(26)11-29-16(19)10-27/h2-9,11-12,18,20-22,24-25H,13H2,1H3. The van der Waals surface area contributed by atoms with Gasteiger partial charge in [0.25, 0.3) is 0 Å². The highest BCUT2D eigenvalue weighted by Gasteiger charge is 2.52. The molecule has 6 unspecified atom stereocenters. The number of fused-ring (bicyclic) bond motifs is 1. The number of nitrogens with zero attached hydrogens (tertiary/aromatic N) is 6. The first-order chi connectivity index (χ1) is 18.6. The maximum atomic E-state index is 9.60. The number of pyridine rings is 1. The van der Waals surface area contributed by atoms with E-state index in [4.69, 9.17) is 30.5 Å². The lowest BCUT2D eigenvalue weighted by Crippen LogP contribution is -2.59. The third-order valence-corrected chi connectivity index (χ3v) is 8.47. The van der Waals surface area contributed by atoms with Gasteiger partial charge in [-0.15, -0.1) is 16.4 Å². The zero-order valence-corrected chi connectivity index (χ0v) is 22.3. The fraction of sp³-hybridized carbons (Fsp3) is 0.320. The van der Waals surface area contributed by atoms with Crippen LogP contribution in [0.3, 0.4) is 0 Å².